The van der Waals surface area contributed by atoms with Gasteiger partial charge in [0.25, 0.3) is 0 Å². The molecule has 0 N–H and O–H groups in total. The molecule has 4 heteroatoms. The summed E-state index contributed by atoms with van der Waals surface area (Å²) in [6.07, 6.45) is 0.989. The Morgan fingerprint density at radius 2 is 2.20 bits per heavy atom. The molecule has 80 valence electrons. The first-order chi connectivity index (χ1) is 7.13. The molecule has 0 atom stereocenters. The van der Waals surface area contributed by atoms with Crippen LogP contribution in [0.5, 0.6) is 0 Å². The minimum atomic E-state index is -0.772. The van der Waals surface area contributed by atoms with E-state index in [4.69, 9.17) is 0 Å². The number of hydrogen-bond donors (Lipinski definition) is 0. The normalized spacial score (nSPS) is 9.80. The highest BCUT2D eigenvalue weighted by molar-refractivity contribution is 5.92. The van der Waals surface area contributed by atoms with Gasteiger partial charge in [-0.1, -0.05) is 6.92 Å². The zero-order valence-electron chi connectivity index (χ0n) is 8.54. The van der Waals surface area contributed by atoms with Gasteiger partial charge in [-0.2, -0.15) is 0 Å². The van der Waals surface area contributed by atoms with Crippen molar-refractivity contribution in [3.05, 3.63) is 34.6 Å². The number of aldehydes is 1. The fourth-order valence-electron chi connectivity index (χ4n) is 1.29. The van der Waals surface area contributed by atoms with E-state index in [2.05, 4.69) is 4.74 Å². The van der Waals surface area contributed by atoms with Gasteiger partial charge in [0.2, 0.25) is 0 Å². The number of rotatable bonds is 3. The lowest BCUT2D eigenvalue weighted by atomic mass is 10.0. The third-order valence-corrected chi connectivity index (χ3v) is 2.09. The van der Waals surface area contributed by atoms with E-state index in [-0.39, 0.29) is 11.1 Å². The largest absolute Gasteiger partial charge is 0.465 e. The Morgan fingerprint density at radius 3 is 2.67 bits per heavy atom. The molecule has 1 aromatic rings. The third kappa shape index (κ3) is 2.21. The molecule has 0 amide bonds. The molecule has 0 unspecified atom stereocenters. The first-order valence-corrected chi connectivity index (χ1v) is 4.50. The van der Waals surface area contributed by atoms with E-state index in [1.54, 1.807) is 6.92 Å². The predicted molar refractivity (Wildman–Crippen MR) is 52.5 cm³/mol. The summed E-state index contributed by atoms with van der Waals surface area (Å²) >= 11 is 0. The lowest BCUT2D eigenvalue weighted by molar-refractivity contribution is 0.0595. The summed E-state index contributed by atoms with van der Waals surface area (Å²) in [5, 5.41) is 0. The Labute approximate surface area is 86.9 Å². The smallest absolute Gasteiger partial charge is 0.340 e. The van der Waals surface area contributed by atoms with Crippen LogP contribution in [-0.4, -0.2) is 19.4 Å². The highest BCUT2D eigenvalue weighted by atomic mass is 19.1. The average Bonchev–Trinajstić information content (AvgIpc) is 2.28. The predicted octanol–water partition coefficient (Wildman–Crippen LogP) is 1.99. The number of halogens is 1. The van der Waals surface area contributed by atoms with Crippen LogP contribution in [-0.2, 0) is 11.2 Å². The van der Waals surface area contributed by atoms with E-state index in [9.17, 15) is 14.0 Å². The van der Waals surface area contributed by atoms with Gasteiger partial charge in [-0.3, -0.25) is 4.79 Å². The molecule has 0 bridgehead atoms. The van der Waals surface area contributed by atoms with Gasteiger partial charge in [0.1, 0.15) is 12.1 Å². The number of benzene rings is 1. The number of carbonyl (C=O) groups is 2. The van der Waals surface area contributed by atoms with Crippen molar-refractivity contribution in [2.24, 2.45) is 0 Å². The van der Waals surface area contributed by atoms with E-state index in [1.165, 1.54) is 19.2 Å². The van der Waals surface area contributed by atoms with Crippen molar-refractivity contribution < 1.29 is 18.7 Å². The van der Waals surface area contributed by atoms with Gasteiger partial charge < -0.3 is 4.74 Å². The minimum absolute atomic E-state index is 0.195. The summed E-state index contributed by atoms with van der Waals surface area (Å²) < 4.78 is 18.0. The Balaban J connectivity index is 3.36. The second kappa shape index (κ2) is 4.68. The molecule has 0 aromatic heterocycles. The number of carbonyl (C=O) groups excluding carboxylic acids is 2. The quantitative estimate of drug-likeness (QED) is 0.566. The van der Waals surface area contributed by atoms with Crippen molar-refractivity contribution in [3.8, 4) is 0 Å². The van der Waals surface area contributed by atoms with Gasteiger partial charge in [0.05, 0.1) is 12.7 Å². The van der Waals surface area contributed by atoms with Crippen LogP contribution in [0.1, 0.15) is 33.2 Å². The van der Waals surface area contributed by atoms with Crippen LogP contribution in [0.3, 0.4) is 0 Å². The molecule has 0 spiro atoms. The van der Waals surface area contributed by atoms with Crippen molar-refractivity contribution in [2.45, 2.75) is 13.3 Å². The summed E-state index contributed by atoms with van der Waals surface area (Å²) in [6, 6.07) is 2.61. The highest BCUT2D eigenvalue weighted by Gasteiger charge is 2.16. The molecule has 0 aliphatic rings. The number of aryl methyl sites for hydroxylation is 1. The number of hydrogen-bond acceptors (Lipinski definition) is 3. The van der Waals surface area contributed by atoms with E-state index < -0.39 is 11.8 Å². The monoisotopic (exact) mass is 210 g/mol. The second-order valence-electron chi connectivity index (χ2n) is 3.00. The Morgan fingerprint density at radius 1 is 1.53 bits per heavy atom. The Hall–Kier alpha value is -1.71. The van der Waals surface area contributed by atoms with Crippen LogP contribution in [0.25, 0.3) is 0 Å². The standard InChI is InChI=1S/C11H11FO3/c1-3-8-4-7(6-13)5-9(10(8)12)11(14)15-2/h4-6H,3H2,1-2H3. The molecule has 15 heavy (non-hydrogen) atoms. The lowest BCUT2D eigenvalue weighted by Crippen LogP contribution is -2.07. The van der Waals surface area contributed by atoms with Crippen LogP contribution < -0.4 is 0 Å². The van der Waals surface area contributed by atoms with Crippen molar-refractivity contribution in [1.29, 1.82) is 0 Å². The molecule has 0 radical (unpaired) electrons. The van der Waals surface area contributed by atoms with Crippen molar-refractivity contribution in [2.75, 3.05) is 7.11 Å². The van der Waals surface area contributed by atoms with E-state index in [0.29, 0.717) is 18.3 Å². The molecular weight excluding hydrogens is 199 g/mol. The third-order valence-electron chi connectivity index (χ3n) is 2.09. The minimum Gasteiger partial charge on any atom is -0.465 e. The first-order valence-electron chi connectivity index (χ1n) is 4.50. The van der Waals surface area contributed by atoms with Crippen molar-refractivity contribution in [3.63, 3.8) is 0 Å². The van der Waals surface area contributed by atoms with Gasteiger partial charge in [-0.25, -0.2) is 9.18 Å². The molecule has 0 aliphatic heterocycles. The number of methoxy groups -OCH3 is 1. The maximum Gasteiger partial charge on any atom is 0.340 e. The van der Waals surface area contributed by atoms with E-state index >= 15 is 0 Å². The van der Waals surface area contributed by atoms with Crippen LogP contribution in [0.15, 0.2) is 12.1 Å². The molecule has 0 fully saturated rings. The Kier molecular flexibility index (Phi) is 3.55. The summed E-state index contributed by atoms with van der Waals surface area (Å²) in [4.78, 5) is 21.8. The van der Waals surface area contributed by atoms with Gasteiger partial charge in [-0.15, -0.1) is 0 Å². The van der Waals surface area contributed by atoms with Crippen molar-refractivity contribution in [1.82, 2.24) is 0 Å². The average molecular weight is 210 g/mol. The molecule has 0 aliphatic carbocycles. The summed E-state index contributed by atoms with van der Waals surface area (Å²) in [5.74, 6) is -1.39. The van der Waals surface area contributed by atoms with Crippen LogP contribution in [0, 0.1) is 5.82 Å². The summed E-state index contributed by atoms with van der Waals surface area (Å²) in [7, 11) is 1.17. The molecule has 0 saturated carbocycles. The Bertz CT molecular complexity index is 399. The van der Waals surface area contributed by atoms with E-state index in [1.807, 2.05) is 0 Å². The topological polar surface area (TPSA) is 43.4 Å². The van der Waals surface area contributed by atoms with Crippen LogP contribution in [0.2, 0.25) is 0 Å². The molecule has 0 heterocycles. The number of ether oxygens (including phenoxy) is 1. The highest BCUT2D eigenvalue weighted by Crippen LogP contribution is 2.17. The maximum atomic E-state index is 13.6. The van der Waals surface area contributed by atoms with E-state index in [0.717, 1.165) is 0 Å². The molecule has 3 nitrogen and oxygen atoms in total. The second-order valence-corrected chi connectivity index (χ2v) is 3.00. The van der Waals surface area contributed by atoms with Crippen LogP contribution >= 0.6 is 0 Å². The first kappa shape index (κ1) is 11.4. The summed E-state index contributed by atoms with van der Waals surface area (Å²) in [6.45, 7) is 1.74. The molecule has 1 rings (SSSR count). The lowest BCUT2D eigenvalue weighted by Gasteiger charge is -2.06. The van der Waals surface area contributed by atoms with Gasteiger partial charge in [-0.05, 0) is 24.1 Å². The maximum absolute atomic E-state index is 13.6. The fourth-order valence-corrected chi connectivity index (χ4v) is 1.29. The van der Waals surface area contributed by atoms with Crippen molar-refractivity contribution >= 4 is 12.3 Å². The molecule has 0 saturated heterocycles. The van der Waals surface area contributed by atoms with Gasteiger partial charge in [0, 0.05) is 5.56 Å². The molecular formula is C11H11FO3. The SMILES string of the molecule is CCc1cc(C=O)cc(C(=O)OC)c1F. The van der Waals surface area contributed by atoms with Gasteiger partial charge in [0.15, 0.2) is 0 Å². The fraction of sp³-hybridized carbons (Fsp3) is 0.273. The van der Waals surface area contributed by atoms with Gasteiger partial charge >= 0.3 is 5.97 Å². The van der Waals surface area contributed by atoms with Crippen LogP contribution in [0.4, 0.5) is 4.39 Å². The zero-order valence-corrected chi connectivity index (χ0v) is 8.54. The zero-order chi connectivity index (χ0) is 11.4. The molecule has 1 aromatic carbocycles. The summed E-state index contributed by atoms with van der Waals surface area (Å²) in [5.41, 5.74) is 0.410. The number of esters is 1.